The number of nitrogens with one attached hydrogen (secondary N) is 1. The Labute approximate surface area is 165 Å². The highest BCUT2D eigenvalue weighted by Gasteiger charge is 2.24. The van der Waals surface area contributed by atoms with Gasteiger partial charge >= 0.3 is 0 Å². The number of hydrogen-bond acceptors (Lipinski definition) is 3. The molecule has 2 aromatic rings. The van der Waals surface area contributed by atoms with Gasteiger partial charge in [-0.25, -0.2) is 8.42 Å². The summed E-state index contributed by atoms with van der Waals surface area (Å²) >= 11 is 6.13. The highest BCUT2D eigenvalue weighted by molar-refractivity contribution is 7.92. The van der Waals surface area contributed by atoms with Crippen LogP contribution in [0.1, 0.15) is 28.8 Å². The lowest BCUT2D eigenvalue weighted by molar-refractivity contribution is 0.0690. The zero-order valence-corrected chi connectivity index (χ0v) is 16.8. The van der Waals surface area contributed by atoms with Gasteiger partial charge in [0.15, 0.2) is 0 Å². The maximum absolute atomic E-state index is 12.7. The third-order valence-electron chi connectivity index (χ3n) is 4.78. The van der Waals surface area contributed by atoms with E-state index in [1.54, 1.807) is 6.07 Å². The molecule has 0 spiro atoms. The second-order valence-corrected chi connectivity index (χ2v) is 9.15. The van der Waals surface area contributed by atoms with Gasteiger partial charge in [-0.05, 0) is 48.9 Å². The third-order valence-corrected chi connectivity index (χ3v) is 5.68. The van der Waals surface area contributed by atoms with Crippen molar-refractivity contribution in [2.24, 2.45) is 5.92 Å². The predicted octanol–water partition coefficient (Wildman–Crippen LogP) is 3.81. The van der Waals surface area contributed by atoms with Crippen LogP contribution >= 0.6 is 11.6 Å². The van der Waals surface area contributed by atoms with Crippen LogP contribution in [0, 0.1) is 5.92 Å². The van der Waals surface area contributed by atoms with Gasteiger partial charge in [0.2, 0.25) is 10.0 Å². The van der Waals surface area contributed by atoms with Gasteiger partial charge in [0.1, 0.15) is 0 Å². The molecule has 0 bridgehead atoms. The lowest BCUT2D eigenvalue weighted by atomic mass is 9.90. The van der Waals surface area contributed by atoms with E-state index in [9.17, 15) is 13.2 Å². The quantitative estimate of drug-likeness (QED) is 0.821. The molecule has 5 nitrogen and oxygen atoms in total. The number of carbonyl (C=O) groups is 1. The topological polar surface area (TPSA) is 66.5 Å². The molecule has 0 radical (unpaired) electrons. The molecular formula is C20H23ClN2O3S. The Morgan fingerprint density at radius 2 is 1.81 bits per heavy atom. The Morgan fingerprint density at radius 3 is 2.41 bits per heavy atom. The molecule has 1 N–H and O–H groups in total. The minimum Gasteiger partial charge on any atom is -0.339 e. The number of likely N-dealkylation sites (tertiary alicyclic amines) is 1. The normalized spacial score (nSPS) is 15.6. The summed E-state index contributed by atoms with van der Waals surface area (Å²) in [6, 6.07) is 15.1. The van der Waals surface area contributed by atoms with E-state index in [1.165, 1.54) is 17.7 Å². The van der Waals surface area contributed by atoms with Gasteiger partial charge in [-0.1, -0.05) is 41.9 Å². The molecule has 2 aromatic carbocycles. The molecule has 1 saturated heterocycles. The van der Waals surface area contributed by atoms with Crippen molar-refractivity contribution in [3.8, 4) is 0 Å². The van der Waals surface area contributed by atoms with E-state index in [1.807, 2.05) is 11.0 Å². The van der Waals surface area contributed by atoms with Crippen molar-refractivity contribution in [1.82, 2.24) is 4.90 Å². The summed E-state index contributed by atoms with van der Waals surface area (Å²) in [5.41, 5.74) is 2.08. The lowest BCUT2D eigenvalue weighted by Gasteiger charge is -2.32. The Bertz CT molecular complexity index is 908. The molecule has 1 aliphatic heterocycles. The van der Waals surface area contributed by atoms with Crippen molar-refractivity contribution in [2.45, 2.75) is 19.3 Å². The maximum atomic E-state index is 12.7. The van der Waals surface area contributed by atoms with Crippen LogP contribution in [0.2, 0.25) is 5.02 Å². The van der Waals surface area contributed by atoms with Crippen LogP contribution in [0.5, 0.6) is 0 Å². The Balaban J connectivity index is 1.60. The van der Waals surface area contributed by atoms with Crippen molar-refractivity contribution in [3.05, 3.63) is 64.7 Å². The Hall–Kier alpha value is -2.05. The van der Waals surface area contributed by atoms with Crippen LogP contribution in [0.15, 0.2) is 48.5 Å². The molecular weight excluding hydrogens is 384 g/mol. The summed E-state index contributed by atoms with van der Waals surface area (Å²) in [6.45, 7) is 1.44. The number of halogens is 1. The van der Waals surface area contributed by atoms with Gasteiger partial charge in [-0.3, -0.25) is 9.52 Å². The van der Waals surface area contributed by atoms with E-state index >= 15 is 0 Å². The average molecular weight is 407 g/mol. The monoisotopic (exact) mass is 406 g/mol. The van der Waals surface area contributed by atoms with Crippen molar-refractivity contribution in [2.75, 3.05) is 24.1 Å². The summed E-state index contributed by atoms with van der Waals surface area (Å²) in [6.07, 6.45) is 4.05. The van der Waals surface area contributed by atoms with Crippen molar-refractivity contribution in [1.29, 1.82) is 0 Å². The molecule has 1 aliphatic rings. The zero-order valence-electron chi connectivity index (χ0n) is 15.2. The van der Waals surface area contributed by atoms with Gasteiger partial charge in [-0.15, -0.1) is 0 Å². The first-order valence-electron chi connectivity index (χ1n) is 8.92. The van der Waals surface area contributed by atoms with E-state index in [0.717, 1.165) is 38.6 Å². The van der Waals surface area contributed by atoms with E-state index in [-0.39, 0.29) is 16.6 Å². The van der Waals surface area contributed by atoms with Crippen LogP contribution in [0.3, 0.4) is 0 Å². The molecule has 144 valence electrons. The van der Waals surface area contributed by atoms with Crippen LogP contribution in [0.25, 0.3) is 0 Å². The number of nitrogens with zero attached hydrogens (tertiary/aromatic N) is 1. The molecule has 1 amide bonds. The van der Waals surface area contributed by atoms with E-state index in [2.05, 4.69) is 29.0 Å². The molecule has 1 fully saturated rings. The second kappa shape index (κ2) is 8.31. The highest BCUT2D eigenvalue weighted by Crippen LogP contribution is 2.26. The SMILES string of the molecule is CS(=O)(=O)Nc1ccc(C(=O)N2CCC(Cc3ccccc3)CC2)cc1Cl. The first-order valence-corrected chi connectivity index (χ1v) is 11.2. The Morgan fingerprint density at radius 1 is 1.15 bits per heavy atom. The van der Waals surface area contributed by atoms with Crippen LogP contribution in [-0.4, -0.2) is 38.6 Å². The van der Waals surface area contributed by atoms with Crippen LogP contribution < -0.4 is 4.72 Å². The fourth-order valence-corrected chi connectivity index (χ4v) is 4.26. The first-order chi connectivity index (χ1) is 12.8. The molecule has 0 aliphatic carbocycles. The molecule has 0 aromatic heterocycles. The molecule has 27 heavy (non-hydrogen) atoms. The number of piperidine rings is 1. The summed E-state index contributed by atoms with van der Waals surface area (Å²) in [4.78, 5) is 14.6. The zero-order chi connectivity index (χ0) is 19.4. The summed E-state index contributed by atoms with van der Waals surface area (Å²) in [5.74, 6) is 0.516. The molecule has 0 atom stereocenters. The molecule has 0 saturated carbocycles. The standard InChI is InChI=1S/C20H23ClN2O3S/c1-27(25,26)22-19-8-7-17(14-18(19)21)20(24)23-11-9-16(10-12-23)13-15-5-3-2-4-6-15/h2-8,14,16,22H,9-13H2,1H3. The number of benzene rings is 2. The lowest BCUT2D eigenvalue weighted by Crippen LogP contribution is -2.38. The third kappa shape index (κ3) is 5.47. The fraction of sp³-hybridized carbons (Fsp3) is 0.350. The minimum absolute atomic E-state index is 0.0685. The highest BCUT2D eigenvalue weighted by atomic mass is 35.5. The number of amides is 1. The number of hydrogen-bond donors (Lipinski definition) is 1. The minimum atomic E-state index is -3.42. The largest absolute Gasteiger partial charge is 0.339 e. The van der Waals surface area contributed by atoms with E-state index in [0.29, 0.717) is 11.5 Å². The maximum Gasteiger partial charge on any atom is 0.253 e. The first kappa shape index (κ1) is 19.7. The van der Waals surface area contributed by atoms with Gasteiger partial charge in [-0.2, -0.15) is 0 Å². The second-order valence-electron chi connectivity index (χ2n) is 6.99. The van der Waals surface area contributed by atoms with Crippen molar-refractivity contribution >= 4 is 33.2 Å². The van der Waals surface area contributed by atoms with Crippen LogP contribution in [0.4, 0.5) is 5.69 Å². The molecule has 1 heterocycles. The number of carbonyl (C=O) groups excluding carboxylic acids is 1. The van der Waals surface area contributed by atoms with Gasteiger partial charge < -0.3 is 4.90 Å². The van der Waals surface area contributed by atoms with Crippen molar-refractivity contribution in [3.63, 3.8) is 0 Å². The Kier molecular flexibility index (Phi) is 6.07. The molecule has 7 heteroatoms. The smallest absolute Gasteiger partial charge is 0.253 e. The summed E-state index contributed by atoms with van der Waals surface area (Å²) < 4.78 is 25.0. The number of sulfonamides is 1. The van der Waals surface area contributed by atoms with Gasteiger partial charge in [0.25, 0.3) is 5.91 Å². The predicted molar refractivity (Wildman–Crippen MR) is 109 cm³/mol. The van der Waals surface area contributed by atoms with Gasteiger partial charge in [0.05, 0.1) is 17.0 Å². The van der Waals surface area contributed by atoms with E-state index < -0.39 is 10.0 Å². The molecule has 0 unspecified atom stereocenters. The summed E-state index contributed by atoms with van der Waals surface area (Å²) in [5, 5.41) is 0.213. The van der Waals surface area contributed by atoms with Gasteiger partial charge in [0, 0.05) is 18.7 Å². The fourth-order valence-electron chi connectivity index (χ4n) is 3.40. The summed E-state index contributed by atoms with van der Waals surface area (Å²) in [7, 11) is -3.42. The number of rotatable bonds is 5. The molecule has 3 rings (SSSR count). The average Bonchev–Trinajstić information content (AvgIpc) is 2.63. The van der Waals surface area contributed by atoms with Crippen molar-refractivity contribution < 1.29 is 13.2 Å². The van der Waals surface area contributed by atoms with E-state index in [4.69, 9.17) is 11.6 Å². The number of anilines is 1. The van der Waals surface area contributed by atoms with Crippen LogP contribution in [-0.2, 0) is 16.4 Å².